The SMILES string of the molecule is CN(CCCCCO)S(=O)(=O)C(F)(F)C(F)(F)C(F)(F)C(F)(F)F. The lowest BCUT2D eigenvalue weighted by molar-refractivity contribution is -0.382. The molecule has 0 aliphatic carbocycles. The Balaban J connectivity index is 5.61. The molecular weight excluding hydrogens is 385 g/mol. The molecule has 0 radical (unpaired) electrons. The van der Waals surface area contributed by atoms with Crippen LogP contribution in [0.15, 0.2) is 0 Å². The van der Waals surface area contributed by atoms with Crippen molar-refractivity contribution in [2.24, 2.45) is 0 Å². The third-order valence-electron chi connectivity index (χ3n) is 2.98. The zero-order chi connectivity index (χ0) is 19.6. The molecule has 0 spiro atoms. The van der Waals surface area contributed by atoms with Gasteiger partial charge < -0.3 is 5.11 Å². The number of aliphatic hydroxyl groups is 1. The van der Waals surface area contributed by atoms with E-state index in [9.17, 15) is 47.9 Å². The fourth-order valence-electron chi connectivity index (χ4n) is 1.46. The van der Waals surface area contributed by atoms with Gasteiger partial charge in [0, 0.05) is 20.2 Å². The van der Waals surface area contributed by atoms with E-state index in [2.05, 4.69) is 0 Å². The van der Waals surface area contributed by atoms with E-state index in [4.69, 9.17) is 5.11 Å². The van der Waals surface area contributed by atoms with E-state index in [1.807, 2.05) is 0 Å². The molecule has 0 atom stereocenters. The van der Waals surface area contributed by atoms with E-state index in [-0.39, 0.29) is 25.9 Å². The lowest BCUT2D eigenvalue weighted by atomic mass is 10.1. The van der Waals surface area contributed by atoms with Crippen molar-refractivity contribution in [3.8, 4) is 0 Å². The third kappa shape index (κ3) is 3.90. The normalized spacial score (nSPS) is 15.2. The number of hydrogen-bond acceptors (Lipinski definition) is 3. The molecule has 0 saturated heterocycles. The Bertz CT molecular complexity index is 518. The molecule has 1 N–H and O–H groups in total. The van der Waals surface area contributed by atoms with Gasteiger partial charge in [0.05, 0.1) is 0 Å². The van der Waals surface area contributed by atoms with Crippen LogP contribution in [0.1, 0.15) is 19.3 Å². The minimum atomic E-state index is -7.27. The molecule has 0 aromatic rings. The molecule has 0 aromatic carbocycles. The van der Waals surface area contributed by atoms with Crippen LogP contribution in [0.3, 0.4) is 0 Å². The van der Waals surface area contributed by atoms with E-state index in [0.717, 1.165) is 0 Å². The maximum Gasteiger partial charge on any atom is 0.460 e. The lowest BCUT2D eigenvalue weighted by Crippen LogP contribution is -2.65. The Morgan fingerprint density at radius 3 is 1.67 bits per heavy atom. The number of nitrogens with zero attached hydrogens (tertiary/aromatic N) is 1. The highest BCUT2D eigenvalue weighted by molar-refractivity contribution is 7.90. The standard InChI is InChI=1S/C10H14F9NO3S/c1-20(5-3-2-4-6-21)24(22,23)10(18,19)8(13,14)7(11,12)9(15,16)17/h21H,2-6H2,1H3. The number of aliphatic hydroxyl groups excluding tert-OH is 1. The van der Waals surface area contributed by atoms with Crippen LogP contribution in [0.25, 0.3) is 0 Å². The summed E-state index contributed by atoms with van der Waals surface area (Å²) in [7, 11) is -6.18. The first-order chi connectivity index (χ1) is 10.5. The maximum atomic E-state index is 13.4. The quantitative estimate of drug-likeness (QED) is 0.479. The Morgan fingerprint density at radius 2 is 1.29 bits per heavy atom. The summed E-state index contributed by atoms with van der Waals surface area (Å²) in [5, 5.41) is 1.75. The summed E-state index contributed by atoms with van der Waals surface area (Å²) in [6, 6.07) is 0. The van der Waals surface area contributed by atoms with Crippen LogP contribution in [0.4, 0.5) is 39.5 Å². The minimum absolute atomic E-state index is 0.0804. The summed E-state index contributed by atoms with van der Waals surface area (Å²) >= 11 is 0. The topological polar surface area (TPSA) is 57.6 Å². The van der Waals surface area contributed by atoms with Gasteiger partial charge in [0.1, 0.15) is 0 Å². The molecule has 0 saturated carbocycles. The molecule has 24 heavy (non-hydrogen) atoms. The largest absolute Gasteiger partial charge is 0.460 e. The maximum absolute atomic E-state index is 13.4. The van der Waals surface area contributed by atoms with E-state index < -0.39 is 44.1 Å². The number of unbranched alkanes of at least 4 members (excludes halogenated alkanes) is 2. The molecule has 0 amide bonds. The molecule has 0 aromatic heterocycles. The summed E-state index contributed by atoms with van der Waals surface area (Å²) in [6.07, 6.45) is -7.10. The van der Waals surface area contributed by atoms with Crippen molar-refractivity contribution in [2.45, 2.75) is 42.5 Å². The van der Waals surface area contributed by atoms with Gasteiger partial charge in [0.25, 0.3) is 10.0 Å². The first-order valence-electron chi connectivity index (χ1n) is 6.25. The predicted octanol–water partition coefficient (Wildman–Crippen LogP) is 2.84. The number of alkyl halides is 9. The summed E-state index contributed by atoms with van der Waals surface area (Å²) in [4.78, 5) is 0. The van der Waals surface area contributed by atoms with Crippen molar-refractivity contribution < 1.29 is 53.0 Å². The van der Waals surface area contributed by atoms with Crippen molar-refractivity contribution in [2.75, 3.05) is 20.2 Å². The van der Waals surface area contributed by atoms with Gasteiger partial charge in [-0.3, -0.25) is 0 Å². The molecule has 146 valence electrons. The first kappa shape index (κ1) is 23.2. The van der Waals surface area contributed by atoms with Gasteiger partial charge in [0.15, 0.2) is 0 Å². The van der Waals surface area contributed by atoms with Gasteiger partial charge in [-0.25, -0.2) is 8.42 Å². The van der Waals surface area contributed by atoms with Gasteiger partial charge in [0.2, 0.25) is 0 Å². The van der Waals surface area contributed by atoms with Gasteiger partial charge in [-0.15, -0.1) is 0 Å². The summed E-state index contributed by atoms with van der Waals surface area (Å²) in [5.41, 5.74) is 0. The Morgan fingerprint density at radius 1 is 0.833 bits per heavy atom. The van der Waals surface area contributed by atoms with E-state index >= 15 is 0 Å². The minimum Gasteiger partial charge on any atom is -0.396 e. The summed E-state index contributed by atoms with van der Waals surface area (Å²) < 4.78 is 137. The van der Waals surface area contributed by atoms with Crippen molar-refractivity contribution in [1.29, 1.82) is 0 Å². The van der Waals surface area contributed by atoms with Crippen LogP contribution in [0.2, 0.25) is 0 Å². The Kier molecular flexibility index (Phi) is 7.01. The van der Waals surface area contributed by atoms with Crippen LogP contribution >= 0.6 is 0 Å². The monoisotopic (exact) mass is 399 g/mol. The van der Waals surface area contributed by atoms with Crippen LogP contribution in [0.5, 0.6) is 0 Å². The average molecular weight is 399 g/mol. The van der Waals surface area contributed by atoms with Crippen LogP contribution in [-0.4, -0.2) is 61.3 Å². The van der Waals surface area contributed by atoms with Gasteiger partial charge in [-0.2, -0.15) is 43.8 Å². The fourth-order valence-corrected chi connectivity index (χ4v) is 2.67. The second kappa shape index (κ2) is 7.23. The second-order valence-corrected chi connectivity index (χ2v) is 6.86. The fraction of sp³-hybridized carbons (Fsp3) is 1.00. The number of hydrogen-bond donors (Lipinski definition) is 1. The van der Waals surface area contributed by atoms with Crippen LogP contribution in [0, 0.1) is 0 Å². The molecular formula is C10H14F9NO3S. The smallest absolute Gasteiger partial charge is 0.396 e. The Labute approximate surface area is 131 Å². The molecule has 0 unspecified atom stereocenters. The number of sulfonamides is 1. The van der Waals surface area contributed by atoms with Crippen molar-refractivity contribution >= 4 is 10.0 Å². The predicted molar refractivity (Wildman–Crippen MR) is 63.4 cm³/mol. The molecule has 0 heterocycles. The molecule has 0 aliphatic rings. The number of halogens is 9. The van der Waals surface area contributed by atoms with E-state index in [1.54, 1.807) is 0 Å². The van der Waals surface area contributed by atoms with Gasteiger partial charge in [-0.05, 0) is 19.3 Å². The Hall–Kier alpha value is -0.760. The first-order valence-corrected chi connectivity index (χ1v) is 7.69. The molecule has 0 bridgehead atoms. The van der Waals surface area contributed by atoms with Crippen LogP contribution in [-0.2, 0) is 10.0 Å². The highest BCUT2D eigenvalue weighted by Crippen LogP contribution is 2.55. The molecule has 0 rings (SSSR count). The number of rotatable bonds is 9. The average Bonchev–Trinajstić information content (AvgIpc) is 2.41. The molecule has 4 nitrogen and oxygen atoms in total. The zero-order valence-corrected chi connectivity index (χ0v) is 12.9. The summed E-state index contributed by atoms with van der Waals surface area (Å²) in [6.45, 7) is -1.17. The van der Waals surface area contributed by atoms with Crippen molar-refractivity contribution in [3.05, 3.63) is 0 Å². The molecule has 0 aliphatic heterocycles. The van der Waals surface area contributed by atoms with E-state index in [0.29, 0.717) is 7.05 Å². The molecule has 0 fully saturated rings. The van der Waals surface area contributed by atoms with Gasteiger partial charge >= 0.3 is 23.3 Å². The van der Waals surface area contributed by atoms with E-state index in [1.165, 1.54) is 0 Å². The lowest BCUT2D eigenvalue weighted by Gasteiger charge is -2.34. The van der Waals surface area contributed by atoms with Crippen molar-refractivity contribution in [1.82, 2.24) is 4.31 Å². The highest BCUT2D eigenvalue weighted by Gasteiger charge is 2.85. The van der Waals surface area contributed by atoms with Crippen molar-refractivity contribution in [3.63, 3.8) is 0 Å². The molecule has 14 heteroatoms. The highest BCUT2D eigenvalue weighted by atomic mass is 32.2. The summed E-state index contributed by atoms with van der Waals surface area (Å²) in [5.74, 6) is -14.5. The third-order valence-corrected chi connectivity index (χ3v) is 4.89. The second-order valence-electron chi connectivity index (χ2n) is 4.77. The van der Waals surface area contributed by atoms with Gasteiger partial charge in [-0.1, -0.05) is 0 Å². The van der Waals surface area contributed by atoms with Crippen LogP contribution < -0.4 is 0 Å². The zero-order valence-electron chi connectivity index (χ0n) is 12.1.